The second kappa shape index (κ2) is 16.8. The van der Waals surface area contributed by atoms with Crippen LogP contribution in [-0.2, 0) is 25.7 Å². The van der Waals surface area contributed by atoms with Crippen molar-refractivity contribution in [2.24, 2.45) is 5.92 Å². The summed E-state index contributed by atoms with van der Waals surface area (Å²) < 4.78 is 13.4. The van der Waals surface area contributed by atoms with Crippen molar-refractivity contribution in [3.05, 3.63) is 113 Å². The lowest BCUT2D eigenvalue weighted by Gasteiger charge is -2.43. The molecule has 0 saturated carbocycles. The van der Waals surface area contributed by atoms with Crippen LogP contribution < -0.4 is 10.6 Å². The Morgan fingerprint density at radius 2 is 1.65 bits per heavy atom. The fourth-order valence-electron chi connectivity index (χ4n) is 6.33. The SMILES string of the molecule is CC(=O)NCCCCCC(=O)Nc1cccc([C@@H]2O[C@H](CN(C)[C@H](C)c3ccc4ccccc4c3)[C@H](C)[C@H](c3ccc(CO)cc3)O2)c1. The van der Waals surface area contributed by atoms with Gasteiger partial charge in [-0.15, -0.1) is 0 Å². The summed E-state index contributed by atoms with van der Waals surface area (Å²) in [5.74, 6) is -0.0383. The summed E-state index contributed by atoms with van der Waals surface area (Å²) in [4.78, 5) is 26.1. The molecule has 1 saturated heterocycles. The first-order valence-electron chi connectivity index (χ1n) is 17.1. The second-order valence-corrected chi connectivity index (χ2v) is 13.0. The molecule has 1 aliphatic heterocycles. The maximum Gasteiger partial charge on any atom is 0.224 e. The summed E-state index contributed by atoms with van der Waals surface area (Å²) in [5.41, 5.74) is 4.67. The minimum atomic E-state index is -0.635. The lowest BCUT2D eigenvalue weighted by molar-refractivity contribution is -0.276. The first-order chi connectivity index (χ1) is 23.2. The number of unbranched alkanes of at least 4 members (excludes halogenated alkanes) is 2. The fourth-order valence-corrected chi connectivity index (χ4v) is 6.33. The zero-order valence-corrected chi connectivity index (χ0v) is 28.5. The van der Waals surface area contributed by atoms with Gasteiger partial charge in [-0.1, -0.05) is 86.1 Å². The van der Waals surface area contributed by atoms with E-state index in [1.165, 1.54) is 23.3 Å². The third kappa shape index (κ3) is 9.29. The molecule has 0 bridgehead atoms. The number of carbonyl (C=O) groups excluding carboxylic acids is 2. The van der Waals surface area contributed by atoms with E-state index in [9.17, 15) is 14.7 Å². The maximum atomic E-state index is 12.7. The number of fused-ring (bicyclic) bond motifs is 1. The first-order valence-corrected chi connectivity index (χ1v) is 17.1. The molecule has 1 heterocycles. The number of anilines is 1. The molecule has 254 valence electrons. The Bertz CT molecular complexity index is 1660. The van der Waals surface area contributed by atoms with Gasteiger partial charge in [0.2, 0.25) is 11.8 Å². The summed E-state index contributed by atoms with van der Waals surface area (Å²) in [6, 6.07) is 30.9. The zero-order valence-electron chi connectivity index (χ0n) is 28.5. The van der Waals surface area contributed by atoms with Crippen LogP contribution in [0.3, 0.4) is 0 Å². The molecule has 0 aromatic heterocycles. The largest absolute Gasteiger partial charge is 0.392 e. The van der Waals surface area contributed by atoms with Crippen molar-refractivity contribution in [2.75, 3.05) is 25.5 Å². The third-order valence-electron chi connectivity index (χ3n) is 9.41. The number of benzene rings is 4. The van der Waals surface area contributed by atoms with Crippen molar-refractivity contribution in [3.63, 3.8) is 0 Å². The number of hydrogen-bond donors (Lipinski definition) is 3. The van der Waals surface area contributed by atoms with Crippen molar-refractivity contribution < 1.29 is 24.2 Å². The molecular weight excluding hydrogens is 602 g/mol. The van der Waals surface area contributed by atoms with E-state index in [1.807, 2.05) is 48.5 Å². The topological polar surface area (TPSA) is 100 Å². The number of rotatable bonds is 14. The minimum absolute atomic E-state index is 0.0112. The number of likely N-dealkylation sites (N-methyl/N-ethyl adjacent to an activating group) is 1. The average molecular weight is 652 g/mol. The summed E-state index contributed by atoms with van der Waals surface area (Å²) in [6.45, 7) is 7.22. The quantitative estimate of drug-likeness (QED) is 0.123. The first kappa shape index (κ1) is 35.2. The van der Waals surface area contributed by atoms with Crippen LogP contribution in [0.25, 0.3) is 10.8 Å². The third-order valence-corrected chi connectivity index (χ3v) is 9.41. The Labute approximate surface area is 284 Å². The molecule has 3 N–H and O–H groups in total. The number of aliphatic hydroxyl groups is 1. The van der Waals surface area contributed by atoms with E-state index in [2.05, 4.69) is 78.9 Å². The van der Waals surface area contributed by atoms with Crippen LogP contribution >= 0.6 is 0 Å². The summed E-state index contributed by atoms with van der Waals surface area (Å²) in [7, 11) is 2.14. The van der Waals surface area contributed by atoms with Crippen LogP contribution in [0, 0.1) is 5.92 Å². The fraction of sp³-hybridized carbons (Fsp3) is 0.400. The van der Waals surface area contributed by atoms with E-state index in [1.54, 1.807) is 0 Å². The second-order valence-electron chi connectivity index (χ2n) is 13.0. The van der Waals surface area contributed by atoms with Gasteiger partial charge in [0.1, 0.15) is 0 Å². The average Bonchev–Trinajstić information content (AvgIpc) is 3.10. The minimum Gasteiger partial charge on any atom is -0.392 e. The van der Waals surface area contributed by atoms with Crippen molar-refractivity contribution in [2.45, 2.75) is 77.6 Å². The molecule has 2 amide bonds. The lowest BCUT2D eigenvalue weighted by atomic mass is 9.89. The van der Waals surface area contributed by atoms with Crippen LogP contribution in [0.2, 0.25) is 0 Å². The smallest absolute Gasteiger partial charge is 0.224 e. The molecule has 1 fully saturated rings. The Kier molecular flexibility index (Phi) is 12.4. The van der Waals surface area contributed by atoms with E-state index < -0.39 is 6.29 Å². The van der Waals surface area contributed by atoms with E-state index in [0.29, 0.717) is 25.2 Å². The van der Waals surface area contributed by atoms with Gasteiger partial charge in [-0.05, 0) is 72.5 Å². The number of amides is 2. The van der Waals surface area contributed by atoms with Crippen molar-refractivity contribution in [3.8, 4) is 0 Å². The molecule has 0 aliphatic carbocycles. The predicted molar refractivity (Wildman–Crippen MR) is 190 cm³/mol. The number of carbonyl (C=O) groups is 2. The molecule has 48 heavy (non-hydrogen) atoms. The van der Waals surface area contributed by atoms with Gasteiger partial charge in [-0.25, -0.2) is 0 Å². The predicted octanol–water partition coefficient (Wildman–Crippen LogP) is 7.45. The molecule has 5 atom stereocenters. The van der Waals surface area contributed by atoms with Crippen molar-refractivity contribution in [1.29, 1.82) is 0 Å². The molecule has 5 rings (SSSR count). The zero-order chi connectivity index (χ0) is 34.0. The molecule has 0 radical (unpaired) electrons. The van der Waals surface area contributed by atoms with E-state index >= 15 is 0 Å². The van der Waals surface area contributed by atoms with Crippen molar-refractivity contribution in [1.82, 2.24) is 10.2 Å². The Morgan fingerprint density at radius 3 is 2.40 bits per heavy atom. The van der Waals surface area contributed by atoms with Crippen LogP contribution in [-0.4, -0.2) is 48.1 Å². The molecule has 4 aromatic rings. The summed E-state index contributed by atoms with van der Waals surface area (Å²) in [5, 5.41) is 17.9. The number of nitrogens with zero attached hydrogens (tertiary/aromatic N) is 1. The number of aliphatic hydroxyl groups excluding tert-OH is 1. The van der Waals surface area contributed by atoms with Gasteiger partial charge < -0.3 is 25.2 Å². The lowest BCUT2D eigenvalue weighted by Crippen LogP contribution is -2.44. The van der Waals surface area contributed by atoms with Gasteiger partial charge in [0, 0.05) is 49.6 Å². The van der Waals surface area contributed by atoms with Gasteiger partial charge in [0.15, 0.2) is 6.29 Å². The highest BCUT2D eigenvalue weighted by molar-refractivity contribution is 5.90. The van der Waals surface area contributed by atoms with Crippen LogP contribution in [0.5, 0.6) is 0 Å². The van der Waals surface area contributed by atoms with Gasteiger partial charge in [-0.2, -0.15) is 0 Å². The number of hydrogen-bond acceptors (Lipinski definition) is 6. The highest BCUT2D eigenvalue weighted by Gasteiger charge is 2.39. The van der Waals surface area contributed by atoms with Crippen LogP contribution in [0.4, 0.5) is 5.69 Å². The van der Waals surface area contributed by atoms with Gasteiger partial charge in [-0.3, -0.25) is 14.5 Å². The monoisotopic (exact) mass is 651 g/mol. The van der Waals surface area contributed by atoms with Gasteiger partial charge in [0.05, 0.1) is 18.8 Å². The number of ether oxygens (including phenoxy) is 2. The molecule has 8 heteroatoms. The van der Waals surface area contributed by atoms with Gasteiger partial charge in [0.25, 0.3) is 0 Å². The Hall–Kier alpha value is -4.08. The highest BCUT2D eigenvalue weighted by atomic mass is 16.7. The summed E-state index contributed by atoms with van der Waals surface area (Å²) in [6.07, 6.45) is 1.86. The Morgan fingerprint density at radius 1 is 0.875 bits per heavy atom. The number of nitrogens with one attached hydrogen (secondary N) is 2. The molecular formula is C40H49N3O5. The van der Waals surface area contributed by atoms with Crippen LogP contribution in [0.15, 0.2) is 91.0 Å². The van der Waals surface area contributed by atoms with E-state index in [4.69, 9.17) is 9.47 Å². The molecule has 8 nitrogen and oxygen atoms in total. The molecule has 0 spiro atoms. The maximum absolute atomic E-state index is 12.7. The van der Waals surface area contributed by atoms with Crippen LogP contribution in [0.1, 0.15) is 87.1 Å². The van der Waals surface area contributed by atoms with Gasteiger partial charge >= 0.3 is 0 Å². The summed E-state index contributed by atoms with van der Waals surface area (Å²) >= 11 is 0. The Balaban J connectivity index is 1.30. The van der Waals surface area contributed by atoms with E-state index in [0.717, 1.165) is 36.0 Å². The normalized spacial score (nSPS) is 20.0. The highest BCUT2D eigenvalue weighted by Crippen LogP contribution is 2.42. The van der Waals surface area contributed by atoms with Crippen molar-refractivity contribution >= 4 is 28.3 Å². The molecule has 1 aliphatic rings. The van der Waals surface area contributed by atoms with E-state index in [-0.39, 0.29) is 42.6 Å². The molecule has 4 aromatic carbocycles. The standard InChI is InChI=1S/C40H49N3O5/c1-27-37(25-43(4)28(2)33-21-20-31-11-7-8-12-34(31)23-33)47-40(48-39(27)32-18-16-30(26-44)17-19-32)35-13-10-14-36(24-35)42-38(46)15-6-5-9-22-41-29(3)45/h7-8,10-14,16-21,23-24,27-28,37,39-40,44H,5-6,9,15,22,25-26H2,1-4H3,(H,41,45)(H,42,46)/t27-,28+,37+,39+,40+/m0/s1. The molecule has 0 unspecified atom stereocenters.